The lowest BCUT2D eigenvalue weighted by Crippen LogP contribution is -2.36. The van der Waals surface area contributed by atoms with Gasteiger partial charge in [-0.15, -0.1) is 0 Å². The second-order valence-corrected chi connectivity index (χ2v) is 6.93. The zero-order chi connectivity index (χ0) is 22.2. The van der Waals surface area contributed by atoms with Crippen LogP contribution in [-0.2, 0) is 11.3 Å². The van der Waals surface area contributed by atoms with Gasteiger partial charge in [0, 0.05) is 24.4 Å². The first-order valence-electron chi connectivity index (χ1n) is 9.68. The van der Waals surface area contributed by atoms with Gasteiger partial charge in [0.2, 0.25) is 11.8 Å². The molecule has 4 N–H and O–H groups in total. The Morgan fingerprint density at radius 2 is 1.94 bits per heavy atom. The number of nitrogens with two attached hydrogens (primary N) is 1. The molecule has 3 rings (SSSR count). The lowest BCUT2D eigenvalue weighted by Gasteiger charge is -2.20. The number of carbonyl (C=O) groups excluding carboxylic acids is 2. The van der Waals surface area contributed by atoms with Gasteiger partial charge in [0.05, 0.1) is 12.5 Å². The Hall–Kier alpha value is -3.94. The molecular weight excluding hydrogens is 399 g/mol. The summed E-state index contributed by atoms with van der Waals surface area (Å²) in [6.45, 7) is 2.04. The molecule has 0 bridgehead atoms. The molecule has 0 saturated carbocycles. The van der Waals surface area contributed by atoms with Crippen LogP contribution in [0.3, 0.4) is 0 Å². The Kier molecular flexibility index (Phi) is 7.16. The molecule has 1 unspecified atom stereocenters. The molecule has 2 aromatic carbocycles. The average Bonchev–Trinajstić information content (AvgIpc) is 2.73. The van der Waals surface area contributed by atoms with Crippen molar-refractivity contribution in [3.05, 3.63) is 89.4 Å². The van der Waals surface area contributed by atoms with Crippen LogP contribution in [-0.4, -0.2) is 16.9 Å². The van der Waals surface area contributed by atoms with Crippen LogP contribution in [0.25, 0.3) is 0 Å². The third-order valence-electron chi connectivity index (χ3n) is 4.61. The summed E-state index contributed by atoms with van der Waals surface area (Å²) in [6, 6.07) is 15.4. The third kappa shape index (κ3) is 6.27. The zero-order valence-corrected chi connectivity index (χ0v) is 17.0. The molecular formula is C23H23FN4O3. The van der Waals surface area contributed by atoms with Crippen molar-refractivity contribution in [3.8, 4) is 11.6 Å². The lowest BCUT2D eigenvalue weighted by molar-refractivity contribution is -0.121. The van der Waals surface area contributed by atoms with E-state index in [0.29, 0.717) is 11.3 Å². The van der Waals surface area contributed by atoms with Crippen LogP contribution in [0.15, 0.2) is 66.9 Å². The number of primary amides is 1. The van der Waals surface area contributed by atoms with Crippen molar-refractivity contribution < 1.29 is 18.7 Å². The molecule has 0 aliphatic carbocycles. The van der Waals surface area contributed by atoms with Gasteiger partial charge in [-0.3, -0.25) is 4.79 Å². The van der Waals surface area contributed by atoms with Crippen molar-refractivity contribution >= 4 is 11.9 Å². The molecule has 0 radical (unpaired) electrons. The fourth-order valence-electron chi connectivity index (χ4n) is 3.13. The Balaban J connectivity index is 1.67. The second-order valence-electron chi connectivity index (χ2n) is 6.93. The molecule has 160 valence electrons. The van der Waals surface area contributed by atoms with E-state index in [-0.39, 0.29) is 24.8 Å². The zero-order valence-electron chi connectivity index (χ0n) is 17.0. The second kappa shape index (κ2) is 10.2. The molecule has 1 heterocycles. The molecule has 3 amide bonds. The first-order chi connectivity index (χ1) is 14.9. The normalized spacial score (nSPS) is 11.4. The van der Waals surface area contributed by atoms with Crippen molar-refractivity contribution in [2.24, 2.45) is 5.73 Å². The van der Waals surface area contributed by atoms with Gasteiger partial charge in [0.1, 0.15) is 11.6 Å². The monoisotopic (exact) mass is 422 g/mol. The van der Waals surface area contributed by atoms with Crippen molar-refractivity contribution in [1.82, 2.24) is 15.6 Å². The van der Waals surface area contributed by atoms with E-state index in [4.69, 9.17) is 10.5 Å². The molecule has 0 fully saturated rings. The summed E-state index contributed by atoms with van der Waals surface area (Å²) in [5, 5.41) is 5.43. The first-order valence-corrected chi connectivity index (χ1v) is 9.68. The topological polar surface area (TPSA) is 106 Å². The van der Waals surface area contributed by atoms with E-state index < -0.39 is 17.9 Å². The number of aryl methyl sites for hydroxylation is 1. The molecule has 0 spiro atoms. The predicted molar refractivity (Wildman–Crippen MR) is 114 cm³/mol. The number of rotatable bonds is 8. The van der Waals surface area contributed by atoms with Gasteiger partial charge in [0.15, 0.2) is 0 Å². The average molecular weight is 422 g/mol. The maximum absolute atomic E-state index is 13.4. The summed E-state index contributed by atoms with van der Waals surface area (Å²) in [6.07, 6.45) is 1.55. The SMILES string of the molecule is Cc1ccccc1C(CC(=O)NCc1cccnc1Oc1cccc(F)c1)NC(N)=O. The van der Waals surface area contributed by atoms with Gasteiger partial charge in [0.25, 0.3) is 0 Å². The number of benzene rings is 2. The largest absolute Gasteiger partial charge is 0.439 e. The number of amides is 3. The summed E-state index contributed by atoms with van der Waals surface area (Å²) < 4.78 is 19.1. The van der Waals surface area contributed by atoms with Gasteiger partial charge in [-0.1, -0.05) is 36.4 Å². The van der Waals surface area contributed by atoms with E-state index in [1.54, 1.807) is 24.4 Å². The maximum atomic E-state index is 13.4. The molecule has 1 aromatic heterocycles. The third-order valence-corrected chi connectivity index (χ3v) is 4.61. The minimum Gasteiger partial charge on any atom is -0.439 e. The Morgan fingerprint density at radius 3 is 2.68 bits per heavy atom. The van der Waals surface area contributed by atoms with Crippen LogP contribution in [0.4, 0.5) is 9.18 Å². The number of aromatic nitrogens is 1. The number of nitrogens with one attached hydrogen (secondary N) is 2. The number of nitrogens with zero attached hydrogens (tertiary/aromatic N) is 1. The smallest absolute Gasteiger partial charge is 0.312 e. The van der Waals surface area contributed by atoms with E-state index in [1.165, 1.54) is 18.2 Å². The number of urea groups is 1. The molecule has 0 aliphatic rings. The summed E-state index contributed by atoms with van der Waals surface area (Å²) in [7, 11) is 0. The minimum atomic E-state index is -0.709. The van der Waals surface area contributed by atoms with Crippen LogP contribution in [0.5, 0.6) is 11.6 Å². The van der Waals surface area contributed by atoms with E-state index >= 15 is 0 Å². The minimum absolute atomic E-state index is 0.00808. The molecule has 3 aromatic rings. The molecule has 7 nitrogen and oxygen atoms in total. The standard InChI is InChI=1S/C23H23FN4O3/c1-15-6-2-3-10-19(15)20(28-23(25)30)13-21(29)27-14-16-7-5-11-26-22(16)31-18-9-4-8-17(24)12-18/h2-12,20H,13-14H2,1H3,(H,27,29)(H3,25,28,30). The Bertz CT molecular complexity index is 1070. The molecule has 31 heavy (non-hydrogen) atoms. The fourth-order valence-corrected chi connectivity index (χ4v) is 3.13. The molecule has 8 heteroatoms. The predicted octanol–water partition coefficient (Wildman–Crippen LogP) is 3.74. The highest BCUT2D eigenvalue weighted by atomic mass is 19.1. The quantitative estimate of drug-likeness (QED) is 0.514. The summed E-state index contributed by atoms with van der Waals surface area (Å²) in [5.74, 6) is -0.147. The fraction of sp³-hybridized carbons (Fsp3) is 0.174. The number of ether oxygens (including phenoxy) is 1. The number of carbonyl (C=O) groups is 2. The Morgan fingerprint density at radius 1 is 1.13 bits per heavy atom. The Labute approximate surface area is 179 Å². The van der Waals surface area contributed by atoms with E-state index in [2.05, 4.69) is 15.6 Å². The molecule has 0 aliphatic heterocycles. The highest BCUT2D eigenvalue weighted by Gasteiger charge is 2.19. The number of hydrogen-bond donors (Lipinski definition) is 3. The van der Waals surface area contributed by atoms with Crippen molar-refractivity contribution in [2.45, 2.75) is 25.9 Å². The van der Waals surface area contributed by atoms with Gasteiger partial charge in [-0.25, -0.2) is 14.2 Å². The maximum Gasteiger partial charge on any atom is 0.312 e. The van der Waals surface area contributed by atoms with E-state index in [1.807, 2.05) is 31.2 Å². The van der Waals surface area contributed by atoms with E-state index in [0.717, 1.165) is 11.1 Å². The lowest BCUT2D eigenvalue weighted by atomic mass is 9.98. The summed E-state index contributed by atoms with van der Waals surface area (Å²) >= 11 is 0. The van der Waals surface area contributed by atoms with Gasteiger partial charge >= 0.3 is 6.03 Å². The molecule has 1 atom stereocenters. The van der Waals surface area contributed by atoms with Gasteiger partial charge < -0.3 is 21.1 Å². The van der Waals surface area contributed by atoms with Crippen LogP contribution < -0.4 is 21.1 Å². The van der Waals surface area contributed by atoms with Gasteiger partial charge in [-0.05, 0) is 36.2 Å². The van der Waals surface area contributed by atoms with Crippen LogP contribution in [0, 0.1) is 12.7 Å². The summed E-state index contributed by atoms with van der Waals surface area (Å²) in [5.41, 5.74) is 7.66. The highest BCUT2D eigenvalue weighted by molar-refractivity contribution is 5.79. The highest BCUT2D eigenvalue weighted by Crippen LogP contribution is 2.24. The number of halogens is 1. The summed E-state index contributed by atoms with van der Waals surface area (Å²) in [4.78, 5) is 28.2. The van der Waals surface area contributed by atoms with E-state index in [9.17, 15) is 14.0 Å². The molecule has 0 saturated heterocycles. The van der Waals surface area contributed by atoms with Crippen LogP contribution >= 0.6 is 0 Å². The van der Waals surface area contributed by atoms with Crippen molar-refractivity contribution in [1.29, 1.82) is 0 Å². The van der Waals surface area contributed by atoms with Crippen LogP contribution in [0.1, 0.15) is 29.2 Å². The number of pyridine rings is 1. The van der Waals surface area contributed by atoms with Crippen molar-refractivity contribution in [3.63, 3.8) is 0 Å². The van der Waals surface area contributed by atoms with Gasteiger partial charge in [-0.2, -0.15) is 0 Å². The number of hydrogen-bond acceptors (Lipinski definition) is 4. The first kappa shape index (κ1) is 21.8. The van der Waals surface area contributed by atoms with Crippen molar-refractivity contribution in [2.75, 3.05) is 0 Å². The van der Waals surface area contributed by atoms with Crippen LogP contribution in [0.2, 0.25) is 0 Å².